The first-order valence-corrected chi connectivity index (χ1v) is 7.81. The van der Waals surface area contributed by atoms with Gasteiger partial charge in [0.15, 0.2) is 0 Å². The highest BCUT2D eigenvalue weighted by Crippen LogP contribution is 2.17. The lowest BCUT2D eigenvalue weighted by Gasteiger charge is -2.19. The molecule has 2 aromatic heterocycles. The molecule has 0 fully saturated rings. The second-order valence-corrected chi connectivity index (χ2v) is 6.63. The quantitative estimate of drug-likeness (QED) is 0.837. The van der Waals surface area contributed by atoms with Crippen molar-refractivity contribution in [3.05, 3.63) is 40.8 Å². The zero-order valence-electron chi connectivity index (χ0n) is 14.2. The number of rotatable bonds is 5. The fraction of sp³-hybridized carbons (Fsp3) is 0.438. The van der Waals surface area contributed by atoms with Crippen LogP contribution in [0, 0.1) is 0 Å². The fourth-order valence-corrected chi connectivity index (χ4v) is 2.20. The summed E-state index contributed by atoms with van der Waals surface area (Å²) in [6.45, 7) is 6.32. The number of carbonyl (C=O) groups is 1. The molecule has 7 nitrogen and oxygen atoms in total. The first-order valence-electron chi connectivity index (χ1n) is 7.44. The molecule has 0 spiro atoms. The minimum absolute atomic E-state index is 0.343. The van der Waals surface area contributed by atoms with Gasteiger partial charge < -0.3 is 14.8 Å². The number of ether oxygens (including phenoxy) is 2. The Morgan fingerprint density at radius 3 is 2.75 bits per heavy atom. The van der Waals surface area contributed by atoms with Crippen LogP contribution in [-0.4, -0.2) is 33.6 Å². The lowest BCUT2D eigenvalue weighted by atomic mass is 10.2. The number of nitrogens with zero attached hydrogens (tertiary/aromatic N) is 3. The van der Waals surface area contributed by atoms with E-state index < -0.39 is 11.7 Å². The highest BCUT2D eigenvalue weighted by atomic mass is 35.5. The Labute approximate surface area is 145 Å². The molecule has 2 aromatic rings. The van der Waals surface area contributed by atoms with E-state index in [1.54, 1.807) is 23.0 Å². The van der Waals surface area contributed by atoms with Crippen LogP contribution < -0.4 is 10.1 Å². The molecule has 1 N–H and O–H groups in total. The third-order valence-corrected chi connectivity index (χ3v) is 3.10. The van der Waals surface area contributed by atoms with Gasteiger partial charge >= 0.3 is 6.09 Å². The van der Waals surface area contributed by atoms with Crippen LogP contribution in [0.25, 0.3) is 0 Å². The van der Waals surface area contributed by atoms with Crippen LogP contribution in [0.15, 0.2) is 24.5 Å². The number of halogens is 1. The zero-order chi connectivity index (χ0) is 17.7. The van der Waals surface area contributed by atoms with Crippen molar-refractivity contribution in [2.75, 3.05) is 7.11 Å². The minimum Gasteiger partial charge on any atom is -0.481 e. The van der Waals surface area contributed by atoms with Crippen LogP contribution in [0.1, 0.15) is 31.9 Å². The number of amides is 1. The third-order valence-electron chi connectivity index (χ3n) is 2.91. The summed E-state index contributed by atoms with van der Waals surface area (Å²) in [6, 6.07) is 3.55. The van der Waals surface area contributed by atoms with Crippen molar-refractivity contribution in [3.8, 4) is 5.88 Å². The summed E-state index contributed by atoms with van der Waals surface area (Å²) in [5.74, 6) is 0.455. The molecule has 2 rings (SSSR count). The summed E-state index contributed by atoms with van der Waals surface area (Å²) in [7, 11) is 1.54. The summed E-state index contributed by atoms with van der Waals surface area (Å²) >= 11 is 5.96. The van der Waals surface area contributed by atoms with E-state index in [0.29, 0.717) is 24.1 Å². The standard InChI is InChI=1S/C16H21ClN4O3/c1-16(2,3)24-15(22)18-7-12-8-19-21(10-12)9-11-5-13(17)20-14(6-11)23-4/h5-6,8,10H,7,9H2,1-4H3,(H,18,22). The number of nitrogens with one attached hydrogen (secondary N) is 1. The smallest absolute Gasteiger partial charge is 0.407 e. The summed E-state index contributed by atoms with van der Waals surface area (Å²) in [5, 5.41) is 7.33. The van der Waals surface area contributed by atoms with Gasteiger partial charge in [0.05, 0.1) is 19.9 Å². The number of aromatic nitrogens is 3. The Morgan fingerprint density at radius 1 is 1.33 bits per heavy atom. The Kier molecular flexibility index (Phi) is 5.66. The zero-order valence-corrected chi connectivity index (χ0v) is 14.9. The van der Waals surface area contributed by atoms with Crippen molar-refractivity contribution in [2.24, 2.45) is 0 Å². The Morgan fingerprint density at radius 2 is 2.08 bits per heavy atom. The first-order chi connectivity index (χ1) is 11.2. The van der Waals surface area contributed by atoms with Crippen LogP contribution in [0.2, 0.25) is 5.15 Å². The van der Waals surface area contributed by atoms with Crippen molar-refractivity contribution >= 4 is 17.7 Å². The van der Waals surface area contributed by atoms with Crippen molar-refractivity contribution in [1.82, 2.24) is 20.1 Å². The van der Waals surface area contributed by atoms with Gasteiger partial charge in [-0.05, 0) is 32.4 Å². The van der Waals surface area contributed by atoms with E-state index in [0.717, 1.165) is 11.1 Å². The Balaban J connectivity index is 1.94. The van der Waals surface area contributed by atoms with Crippen molar-refractivity contribution < 1.29 is 14.3 Å². The lowest BCUT2D eigenvalue weighted by molar-refractivity contribution is 0.0523. The molecule has 0 aromatic carbocycles. The maximum Gasteiger partial charge on any atom is 0.407 e. The van der Waals surface area contributed by atoms with E-state index >= 15 is 0 Å². The van der Waals surface area contributed by atoms with E-state index in [2.05, 4.69) is 15.4 Å². The van der Waals surface area contributed by atoms with E-state index in [1.807, 2.05) is 27.0 Å². The predicted octanol–water partition coefficient (Wildman–Crippen LogP) is 3.01. The molecule has 1 amide bonds. The monoisotopic (exact) mass is 352 g/mol. The van der Waals surface area contributed by atoms with Gasteiger partial charge in [-0.2, -0.15) is 5.10 Å². The average molecular weight is 353 g/mol. The van der Waals surface area contributed by atoms with Crippen LogP contribution >= 0.6 is 11.6 Å². The van der Waals surface area contributed by atoms with Gasteiger partial charge in [0.25, 0.3) is 0 Å². The van der Waals surface area contributed by atoms with Crippen LogP contribution in [0.5, 0.6) is 5.88 Å². The number of hydrogen-bond donors (Lipinski definition) is 1. The number of methoxy groups -OCH3 is 1. The first kappa shape index (κ1) is 18.1. The lowest BCUT2D eigenvalue weighted by Crippen LogP contribution is -2.32. The summed E-state index contributed by atoms with van der Waals surface area (Å²) in [6.07, 6.45) is 3.08. The maximum atomic E-state index is 11.6. The van der Waals surface area contributed by atoms with E-state index in [9.17, 15) is 4.79 Å². The molecule has 0 aliphatic heterocycles. The number of alkyl carbamates (subject to hydrolysis) is 1. The summed E-state index contributed by atoms with van der Waals surface area (Å²) in [4.78, 5) is 15.7. The molecule has 0 unspecified atom stereocenters. The molecule has 0 atom stereocenters. The topological polar surface area (TPSA) is 78.3 Å². The molecule has 24 heavy (non-hydrogen) atoms. The second-order valence-electron chi connectivity index (χ2n) is 6.24. The molecular formula is C16H21ClN4O3. The van der Waals surface area contributed by atoms with Gasteiger partial charge in [0, 0.05) is 24.4 Å². The van der Waals surface area contributed by atoms with Crippen LogP contribution in [-0.2, 0) is 17.8 Å². The molecule has 2 heterocycles. The highest BCUT2D eigenvalue weighted by Gasteiger charge is 2.15. The molecule has 0 aliphatic rings. The highest BCUT2D eigenvalue weighted by molar-refractivity contribution is 6.29. The van der Waals surface area contributed by atoms with Gasteiger partial charge in [-0.1, -0.05) is 11.6 Å². The second kappa shape index (κ2) is 7.53. The summed E-state index contributed by atoms with van der Waals surface area (Å²) in [5.41, 5.74) is 1.27. The molecule has 0 bridgehead atoms. The SMILES string of the molecule is COc1cc(Cn2cc(CNC(=O)OC(C)(C)C)cn2)cc(Cl)n1. The van der Waals surface area contributed by atoms with Crippen molar-refractivity contribution in [3.63, 3.8) is 0 Å². The number of hydrogen-bond acceptors (Lipinski definition) is 5. The van der Waals surface area contributed by atoms with Gasteiger partial charge in [0.2, 0.25) is 5.88 Å². The van der Waals surface area contributed by atoms with Crippen molar-refractivity contribution in [2.45, 2.75) is 39.5 Å². The Bertz CT molecular complexity index is 710. The largest absolute Gasteiger partial charge is 0.481 e. The van der Waals surface area contributed by atoms with Crippen molar-refractivity contribution in [1.29, 1.82) is 0 Å². The number of carbonyl (C=O) groups excluding carboxylic acids is 1. The minimum atomic E-state index is -0.520. The molecular weight excluding hydrogens is 332 g/mol. The molecule has 0 radical (unpaired) electrons. The molecule has 0 saturated heterocycles. The van der Waals surface area contributed by atoms with Gasteiger partial charge in [0.1, 0.15) is 10.8 Å². The molecule has 0 saturated carbocycles. The summed E-state index contributed by atoms with van der Waals surface area (Å²) < 4.78 is 12.0. The van der Waals surface area contributed by atoms with Gasteiger partial charge in [-0.3, -0.25) is 4.68 Å². The number of pyridine rings is 1. The van der Waals surface area contributed by atoms with E-state index in [4.69, 9.17) is 21.1 Å². The van der Waals surface area contributed by atoms with Gasteiger partial charge in [-0.25, -0.2) is 9.78 Å². The average Bonchev–Trinajstić information content (AvgIpc) is 2.90. The Hall–Kier alpha value is -2.28. The normalized spacial score (nSPS) is 11.2. The molecule has 0 aliphatic carbocycles. The van der Waals surface area contributed by atoms with Gasteiger partial charge in [-0.15, -0.1) is 0 Å². The maximum absolute atomic E-state index is 11.6. The molecule has 8 heteroatoms. The fourth-order valence-electron chi connectivity index (χ4n) is 1.98. The molecule has 130 valence electrons. The van der Waals surface area contributed by atoms with E-state index in [1.165, 1.54) is 7.11 Å². The van der Waals surface area contributed by atoms with Crippen LogP contribution in [0.3, 0.4) is 0 Å². The van der Waals surface area contributed by atoms with E-state index in [-0.39, 0.29) is 0 Å². The van der Waals surface area contributed by atoms with Crippen LogP contribution in [0.4, 0.5) is 4.79 Å². The predicted molar refractivity (Wildman–Crippen MR) is 90.2 cm³/mol. The third kappa shape index (κ3) is 5.73.